The Hall–Kier alpha value is -2.28. The largest absolute Gasteiger partial charge is 0.493 e. The molecule has 2 aromatic rings. The van der Waals surface area contributed by atoms with Crippen molar-refractivity contribution in [1.29, 1.82) is 0 Å². The Morgan fingerprint density at radius 1 is 1.18 bits per heavy atom. The molecule has 0 spiro atoms. The molecular formula is C15H15BrN2O4. The van der Waals surface area contributed by atoms with Gasteiger partial charge in [0.25, 0.3) is 5.69 Å². The highest BCUT2D eigenvalue weighted by Gasteiger charge is 2.10. The lowest BCUT2D eigenvalue weighted by atomic mass is 10.2. The fourth-order valence-corrected chi connectivity index (χ4v) is 2.42. The van der Waals surface area contributed by atoms with Gasteiger partial charge in [0.15, 0.2) is 11.5 Å². The lowest BCUT2D eigenvalue weighted by Gasteiger charge is -2.13. The van der Waals surface area contributed by atoms with E-state index in [-0.39, 0.29) is 5.69 Å². The van der Waals surface area contributed by atoms with Crippen molar-refractivity contribution in [2.24, 2.45) is 0 Å². The van der Waals surface area contributed by atoms with Crippen molar-refractivity contribution >= 4 is 27.3 Å². The minimum Gasteiger partial charge on any atom is -0.493 e. The minimum absolute atomic E-state index is 0.0522. The number of nitrogens with one attached hydrogen (secondary N) is 1. The molecule has 22 heavy (non-hydrogen) atoms. The molecule has 0 aliphatic carbocycles. The van der Waals surface area contributed by atoms with Crippen LogP contribution in [-0.2, 0) is 6.54 Å². The van der Waals surface area contributed by atoms with Crippen molar-refractivity contribution < 1.29 is 14.4 Å². The van der Waals surface area contributed by atoms with E-state index in [2.05, 4.69) is 21.2 Å². The number of rotatable bonds is 6. The molecule has 116 valence electrons. The van der Waals surface area contributed by atoms with Gasteiger partial charge in [0.05, 0.1) is 19.1 Å². The summed E-state index contributed by atoms with van der Waals surface area (Å²) in [5.41, 5.74) is 1.68. The van der Waals surface area contributed by atoms with Gasteiger partial charge in [0, 0.05) is 28.8 Å². The van der Waals surface area contributed by atoms with Crippen LogP contribution in [0.3, 0.4) is 0 Å². The van der Waals surface area contributed by atoms with Crippen LogP contribution in [0.2, 0.25) is 0 Å². The smallest absolute Gasteiger partial charge is 0.271 e. The first kappa shape index (κ1) is 16.1. The molecule has 7 heteroatoms. The zero-order chi connectivity index (χ0) is 16.1. The maximum Gasteiger partial charge on any atom is 0.271 e. The zero-order valence-corrected chi connectivity index (χ0v) is 13.7. The number of non-ortho nitro benzene ring substituents is 1. The number of halogens is 1. The lowest BCUT2D eigenvalue weighted by Crippen LogP contribution is -2.02. The van der Waals surface area contributed by atoms with Crippen LogP contribution in [0.4, 0.5) is 11.4 Å². The first-order valence-corrected chi connectivity index (χ1v) is 7.23. The van der Waals surface area contributed by atoms with Gasteiger partial charge >= 0.3 is 0 Å². The fourth-order valence-electron chi connectivity index (χ4n) is 1.96. The predicted octanol–water partition coefficient (Wildman–Crippen LogP) is 3.99. The summed E-state index contributed by atoms with van der Waals surface area (Å²) >= 11 is 3.48. The molecule has 2 aromatic carbocycles. The van der Waals surface area contributed by atoms with Gasteiger partial charge in [0.2, 0.25) is 0 Å². The topological polar surface area (TPSA) is 73.6 Å². The molecule has 2 rings (SSSR count). The van der Waals surface area contributed by atoms with Gasteiger partial charge in [-0.15, -0.1) is 0 Å². The van der Waals surface area contributed by atoms with Gasteiger partial charge in [-0.1, -0.05) is 22.0 Å². The summed E-state index contributed by atoms with van der Waals surface area (Å²) in [7, 11) is 3.15. The highest BCUT2D eigenvalue weighted by atomic mass is 79.9. The zero-order valence-electron chi connectivity index (χ0n) is 12.1. The summed E-state index contributed by atoms with van der Waals surface area (Å²) in [5, 5.41) is 13.9. The first-order chi connectivity index (χ1) is 10.5. The molecule has 0 aliphatic heterocycles. The quantitative estimate of drug-likeness (QED) is 0.617. The van der Waals surface area contributed by atoms with Crippen molar-refractivity contribution in [3.05, 3.63) is 56.5 Å². The number of nitro benzene ring substituents is 1. The van der Waals surface area contributed by atoms with Gasteiger partial charge in [-0.25, -0.2) is 0 Å². The second-order valence-corrected chi connectivity index (χ2v) is 5.31. The molecule has 1 N–H and O–H groups in total. The molecule has 0 aromatic heterocycles. The van der Waals surface area contributed by atoms with E-state index < -0.39 is 4.92 Å². The molecule has 0 amide bonds. The SMILES string of the molecule is COc1cc(Br)c(CNc2cccc([N+](=O)[O-])c2)cc1OC. The van der Waals surface area contributed by atoms with Crippen molar-refractivity contribution in [2.75, 3.05) is 19.5 Å². The molecule has 6 nitrogen and oxygen atoms in total. The van der Waals surface area contributed by atoms with Crippen LogP contribution in [-0.4, -0.2) is 19.1 Å². The number of nitro groups is 1. The van der Waals surface area contributed by atoms with Crippen LogP contribution in [0.25, 0.3) is 0 Å². The molecular weight excluding hydrogens is 352 g/mol. The first-order valence-electron chi connectivity index (χ1n) is 6.44. The predicted molar refractivity (Wildman–Crippen MR) is 87.7 cm³/mol. The third-order valence-corrected chi connectivity index (χ3v) is 3.83. The molecule has 0 radical (unpaired) electrons. The van der Waals surface area contributed by atoms with Crippen molar-refractivity contribution in [3.63, 3.8) is 0 Å². The second kappa shape index (κ2) is 7.13. The Kier molecular flexibility index (Phi) is 5.21. The summed E-state index contributed by atoms with van der Waals surface area (Å²) in [6, 6.07) is 10.1. The molecule has 0 saturated carbocycles. The second-order valence-electron chi connectivity index (χ2n) is 4.46. The number of anilines is 1. The van der Waals surface area contributed by atoms with Crippen molar-refractivity contribution in [3.8, 4) is 11.5 Å². The van der Waals surface area contributed by atoms with Gasteiger partial charge in [-0.3, -0.25) is 10.1 Å². The van der Waals surface area contributed by atoms with Crippen LogP contribution in [0, 0.1) is 10.1 Å². The van der Waals surface area contributed by atoms with E-state index in [0.29, 0.717) is 23.7 Å². The van der Waals surface area contributed by atoms with Crippen LogP contribution >= 0.6 is 15.9 Å². The molecule has 0 bridgehead atoms. The molecule has 0 heterocycles. The van der Waals surface area contributed by atoms with Gasteiger partial charge < -0.3 is 14.8 Å². The highest BCUT2D eigenvalue weighted by molar-refractivity contribution is 9.10. The molecule has 0 aliphatic rings. The monoisotopic (exact) mass is 366 g/mol. The van der Waals surface area contributed by atoms with Gasteiger partial charge in [-0.05, 0) is 23.8 Å². The standard InChI is InChI=1S/C15H15BrN2O4/c1-21-14-6-10(13(16)8-15(14)22-2)9-17-11-4-3-5-12(7-11)18(19)20/h3-8,17H,9H2,1-2H3. The minimum atomic E-state index is -0.419. The maximum atomic E-state index is 10.8. The number of hydrogen-bond donors (Lipinski definition) is 1. The molecule has 0 saturated heterocycles. The highest BCUT2D eigenvalue weighted by Crippen LogP contribution is 2.33. The Bertz CT molecular complexity index is 691. The van der Waals surface area contributed by atoms with Crippen molar-refractivity contribution in [1.82, 2.24) is 0 Å². The molecule has 0 unspecified atom stereocenters. The lowest BCUT2D eigenvalue weighted by molar-refractivity contribution is -0.384. The van der Waals surface area contributed by atoms with Crippen LogP contribution < -0.4 is 14.8 Å². The van der Waals surface area contributed by atoms with E-state index in [4.69, 9.17) is 9.47 Å². The van der Waals surface area contributed by atoms with Gasteiger partial charge in [-0.2, -0.15) is 0 Å². The van der Waals surface area contributed by atoms with Crippen molar-refractivity contribution in [2.45, 2.75) is 6.54 Å². The number of methoxy groups -OCH3 is 2. The number of hydrogen-bond acceptors (Lipinski definition) is 5. The molecule has 0 fully saturated rings. The summed E-state index contributed by atoms with van der Waals surface area (Å²) in [6.45, 7) is 0.488. The van der Waals surface area contributed by atoms with E-state index in [1.165, 1.54) is 12.1 Å². The van der Waals surface area contributed by atoms with E-state index in [1.807, 2.05) is 12.1 Å². The number of nitrogens with zero attached hydrogens (tertiary/aromatic N) is 1. The maximum absolute atomic E-state index is 10.8. The fraction of sp³-hybridized carbons (Fsp3) is 0.200. The number of benzene rings is 2. The third-order valence-electron chi connectivity index (χ3n) is 3.09. The Morgan fingerprint density at radius 3 is 2.50 bits per heavy atom. The van der Waals surface area contributed by atoms with E-state index in [0.717, 1.165) is 10.0 Å². The summed E-state index contributed by atoms with van der Waals surface area (Å²) in [6.07, 6.45) is 0. The summed E-state index contributed by atoms with van der Waals surface area (Å²) in [5.74, 6) is 1.26. The van der Waals surface area contributed by atoms with Crippen LogP contribution in [0.1, 0.15) is 5.56 Å². The average molecular weight is 367 g/mol. The normalized spacial score (nSPS) is 10.1. The number of ether oxygens (including phenoxy) is 2. The van der Waals surface area contributed by atoms with Gasteiger partial charge in [0.1, 0.15) is 0 Å². The van der Waals surface area contributed by atoms with Crippen LogP contribution in [0.15, 0.2) is 40.9 Å². The third kappa shape index (κ3) is 3.67. The van der Waals surface area contributed by atoms with E-state index in [1.54, 1.807) is 26.4 Å². The van der Waals surface area contributed by atoms with E-state index in [9.17, 15) is 10.1 Å². The van der Waals surface area contributed by atoms with Crippen LogP contribution in [0.5, 0.6) is 11.5 Å². The summed E-state index contributed by atoms with van der Waals surface area (Å²) < 4.78 is 11.4. The Labute approximate surface area is 136 Å². The average Bonchev–Trinajstić information content (AvgIpc) is 2.53. The Balaban J connectivity index is 2.18. The molecule has 0 atom stereocenters. The summed E-state index contributed by atoms with van der Waals surface area (Å²) in [4.78, 5) is 10.4. The Morgan fingerprint density at radius 2 is 1.86 bits per heavy atom. The van der Waals surface area contributed by atoms with E-state index >= 15 is 0 Å².